The van der Waals surface area contributed by atoms with Crippen molar-refractivity contribution in [2.45, 2.75) is 4.90 Å². The first-order valence-electron chi connectivity index (χ1n) is 6.66. The molecule has 3 rings (SSSR count). The normalized spacial score (nSPS) is 11.0. The van der Waals surface area contributed by atoms with Crippen molar-refractivity contribution < 1.29 is 8.42 Å². The van der Waals surface area contributed by atoms with E-state index in [1.807, 2.05) is 6.07 Å². The fraction of sp³-hybridized carbons (Fsp3) is 0. The highest BCUT2D eigenvalue weighted by molar-refractivity contribution is 9.10. The Morgan fingerprint density at radius 3 is 2.67 bits per heavy atom. The second kappa shape index (κ2) is 6.43. The Morgan fingerprint density at radius 2 is 2.08 bits per heavy atom. The minimum absolute atomic E-state index is 0.0482. The topological polar surface area (TPSA) is 101 Å². The molecule has 0 spiro atoms. The summed E-state index contributed by atoms with van der Waals surface area (Å²) in [5.74, 6) is 0.622. The second-order valence-electron chi connectivity index (χ2n) is 4.73. The molecular weight excluding hydrogens is 394 g/mol. The SMILES string of the molecule is N#Cc1ccc(S(=O)(=O)Nc2ccc(-n3ccnc3)nc2)cc1Br. The smallest absolute Gasteiger partial charge is 0.261 e. The summed E-state index contributed by atoms with van der Waals surface area (Å²) in [5, 5.41) is 8.89. The number of sulfonamides is 1. The van der Waals surface area contributed by atoms with Gasteiger partial charge in [0.25, 0.3) is 10.0 Å². The number of hydrogen-bond donors (Lipinski definition) is 1. The van der Waals surface area contributed by atoms with Gasteiger partial charge in [-0.25, -0.2) is 18.4 Å². The molecule has 0 bridgehead atoms. The van der Waals surface area contributed by atoms with Crippen LogP contribution in [0.15, 0.2) is 64.6 Å². The average Bonchev–Trinajstić information content (AvgIpc) is 3.09. The van der Waals surface area contributed by atoms with Gasteiger partial charge >= 0.3 is 0 Å². The number of imidazole rings is 1. The zero-order valence-electron chi connectivity index (χ0n) is 12.1. The van der Waals surface area contributed by atoms with Gasteiger partial charge in [0, 0.05) is 16.9 Å². The van der Waals surface area contributed by atoms with E-state index >= 15 is 0 Å². The highest BCUT2D eigenvalue weighted by atomic mass is 79.9. The molecule has 0 saturated carbocycles. The van der Waals surface area contributed by atoms with E-state index in [1.165, 1.54) is 24.4 Å². The molecule has 0 atom stereocenters. The Hall–Kier alpha value is -2.70. The van der Waals surface area contributed by atoms with E-state index in [9.17, 15) is 8.42 Å². The fourth-order valence-electron chi connectivity index (χ4n) is 1.96. The van der Waals surface area contributed by atoms with Crippen LogP contribution in [0.1, 0.15) is 5.56 Å². The van der Waals surface area contributed by atoms with E-state index in [0.29, 0.717) is 21.5 Å². The molecule has 0 aliphatic heterocycles. The quantitative estimate of drug-likeness (QED) is 0.721. The van der Waals surface area contributed by atoms with Crippen molar-refractivity contribution in [1.82, 2.24) is 14.5 Å². The number of halogens is 1. The molecule has 0 amide bonds. The lowest BCUT2D eigenvalue weighted by molar-refractivity contribution is 0.601. The Balaban J connectivity index is 1.84. The van der Waals surface area contributed by atoms with Gasteiger partial charge in [0.2, 0.25) is 0 Å². The van der Waals surface area contributed by atoms with E-state index in [1.54, 1.807) is 35.4 Å². The van der Waals surface area contributed by atoms with Crippen LogP contribution in [0.2, 0.25) is 0 Å². The number of benzene rings is 1. The number of nitrogens with zero attached hydrogens (tertiary/aromatic N) is 4. The maximum atomic E-state index is 12.4. The molecule has 2 heterocycles. The van der Waals surface area contributed by atoms with Crippen LogP contribution in [0.3, 0.4) is 0 Å². The first-order chi connectivity index (χ1) is 11.5. The largest absolute Gasteiger partial charge is 0.291 e. The van der Waals surface area contributed by atoms with Gasteiger partial charge in [-0.1, -0.05) is 0 Å². The highest BCUT2D eigenvalue weighted by Gasteiger charge is 2.16. The number of hydrogen-bond acceptors (Lipinski definition) is 5. The average molecular weight is 404 g/mol. The fourth-order valence-corrected chi connectivity index (χ4v) is 3.65. The van der Waals surface area contributed by atoms with Crippen LogP contribution in [-0.2, 0) is 10.0 Å². The minimum Gasteiger partial charge on any atom is -0.291 e. The van der Waals surface area contributed by atoms with Crippen LogP contribution < -0.4 is 4.72 Å². The Morgan fingerprint density at radius 1 is 1.25 bits per heavy atom. The predicted molar refractivity (Wildman–Crippen MR) is 91.0 cm³/mol. The maximum Gasteiger partial charge on any atom is 0.261 e. The molecule has 0 fully saturated rings. The van der Waals surface area contributed by atoms with Gasteiger partial charge in [-0.05, 0) is 46.3 Å². The summed E-state index contributed by atoms with van der Waals surface area (Å²) >= 11 is 3.18. The summed E-state index contributed by atoms with van der Waals surface area (Å²) in [5.41, 5.74) is 0.694. The van der Waals surface area contributed by atoms with E-state index in [2.05, 4.69) is 30.6 Å². The zero-order chi connectivity index (χ0) is 17.2. The van der Waals surface area contributed by atoms with Crippen molar-refractivity contribution in [1.29, 1.82) is 5.26 Å². The van der Waals surface area contributed by atoms with E-state index < -0.39 is 10.0 Å². The lowest BCUT2D eigenvalue weighted by Crippen LogP contribution is -2.13. The molecule has 2 aromatic heterocycles. The number of anilines is 1. The lowest BCUT2D eigenvalue weighted by Gasteiger charge is -2.09. The number of rotatable bonds is 4. The third kappa shape index (κ3) is 3.29. The van der Waals surface area contributed by atoms with Crippen LogP contribution in [0.25, 0.3) is 5.82 Å². The number of nitrogens with one attached hydrogen (secondary N) is 1. The molecule has 3 aromatic rings. The van der Waals surface area contributed by atoms with E-state index in [4.69, 9.17) is 5.26 Å². The summed E-state index contributed by atoms with van der Waals surface area (Å²) in [6.07, 6.45) is 6.38. The predicted octanol–water partition coefficient (Wildman–Crippen LogP) is 2.70. The molecule has 0 radical (unpaired) electrons. The molecule has 9 heteroatoms. The van der Waals surface area contributed by atoms with Crippen molar-refractivity contribution in [2.24, 2.45) is 0 Å². The van der Waals surface area contributed by atoms with Gasteiger partial charge in [0.05, 0.1) is 22.3 Å². The third-order valence-electron chi connectivity index (χ3n) is 3.14. The Kier molecular flexibility index (Phi) is 4.33. The molecule has 0 unspecified atom stereocenters. The monoisotopic (exact) mass is 403 g/mol. The van der Waals surface area contributed by atoms with Crippen LogP contribution >= 0.6 is 15.9 Å². The number of aromatic nitrogens is 3. The van der Waals surface area contributed by atoms with Crippen LogP contribution in [0.5, 0.6) is 0 Å². The Labute approximate surface area is 146 Å². The maximum absolute atomic E-state index is 12.4. The molecule has 0 aliphatic carbocycles. The third-order valence-corrected chi connectivity index (χ3v) is 5.18. The molecule has 24 heavy (non-hydrogen) atoms. The van der Waals surface area contributed by atoms with Crippen LogP contribution in [-0.4, -0.2) is 23.0 Å². The molecule has 0 aliphatic rings. The summed E-state index contributed by atoms with van der Waals surface area (Å²) in [4.78, 5) is 8.16. The first kappa shape index (κ1) is 16.2. The second-order valence-corrected chi connectivity index (χ2v) is 7.27. The lowest BCUT2D eigenvalue weighted by atomic mass is 10.2. The summed E-state index contributed by atoms with van der Waals surface area (Å²) in [6.45, 7) is 0. The van der Waals surface area contributed by atoms with Crippen LogP contribution in [0.4, 0.5) is 5.69 Å². The molecule has 1 N–H and O–H groups in total. The minimum atomic E-state index is -3.78. The van der Waals surface area contributed by atoms with Gasteiger partial charge in [-0.3, -0.25) is 9.29 Å². The van der Waals surface area contributed by atoms with Gasteiger partial charge in [0.1, 0.15) is 18.2 Å². The van der Waals surface area contributed by atoms with Crippen molar-refractivity contribution in [2.75, 3.05) is 4.72 Å². The number of pyridine rings is 1. The summed E-state index contributed by atoms with van der Waals surface area (Å²) < 4.78 is 29.4. The number of nitriles is 1. The first-order valence-corrected chi connectivity index (χ1v) is 8.94. The summed E-state index contributed by atoms with van der Waals surface area (Å²) in [6, 6.07) is 9.45. The highest BCUT2D eigenvalue weighted by Crippen LogP contribution is 2.22. The Bertz CT molecular complexity index is 1010. The van der Waals surface area contributed by atoms with Crippen molar-refractivity contribution in [3.05, 3.63) is 65.3 Å². The van der Waals surface area contributed by atoms with Gasteiger partial charge < -0.3 is 0 Å². The van der Waals surface area contributed by atoms with Crippen LogP contribution in [0, 0.1) is 11.3 Å². The molecular formula is C15H10BrN5O2S. The summed E-state index contributed by atoms with van der Waals surface area (Å²) in [7, 11) is -3.78. The standard InChI is InChI=1S/C15H10BrN5O2S/c16-14-7-13(3-1-11(14)8-17)24(22,23)20-12-2-4-15(19-9-12)21-6-5-18-10-21/h1-7,9-10,20H. The molecule has 0 saturated heterocycles. The van der Waals surface area contributed by atoms with Gasteiger partial charge in [0.15, 0.2) is 0 Å². The molecule has 1 aromatic carbocycles. The van der Waals surface area contributed by atoms with Crippen molar-refractivity contribution in [3.8, 4) is 11.9 Å². The van der Waals surface area contributed by atoms with Gasteiger partial charge in [-0.15, -0.1) is 0 Å². The van der Waals surface area contributed by atoms with Crippen molar-refractivity contribution >= 4 is 31.6 Å². The molecule has 120 valence electrons. The van der Waals surface area contributed by atoms with Crippen molar-refractivity contribution in [3.63, 3.8) is 0 Å². The van der Waals surface area contributed by atoms with E-state index in [0.717, 1.165) is 0 Å². The van der Waals surface area contributed by atoms with Gasteiger partial charge in [-0.2, -0.15) is 5.26 Å². The van der Waals surface area contributed by atoms with E-state index in [-0.39, 0.29) is 4.90 Å². The molecule has 7 nitrogen and oxygen atoms in total. The zero-order valence-corrected chi connectivity index (χ0v) is 14.5.